The minimum absolute atomic E-state index is 0.0617. The number of hydrogen-bond acceptors (Lipinski definition) is 9. The van der Waals surface area contributed by atoms with Crippen molar-refractivity contribution < 1.29 is 35.8 Å². The highest BCUT2D eigenvalue weighted by Crippen LogP contribution is 2.47. The molecule has 15 heteroatoms. The molecule has 6 heterocycles. The molecule has 0 saturated carbocycles. The van der Waals surface area contributed by atoms with E-state index in [1.165, 1.54) is 0 Å². The first kappa shape index (κ1) is 31.0. The molecule has 0 amide bonds. The second kappa shape index (κ2) is 11.0. The standard InChI is InChI=1S/C31H35F6N7O2/c1-4-17-12-44-20(10-39-17)15(3)46-28-21-26(24(34)25(40-28)18-8-19(38)23(33)14(2)22(18)31(35,36)37)41-29(42-27(21)44)45-13-30-6-5-7-43(30)11-16(32)9-30/h8,15-17,20,39H,4-7,9-13,38H2,1-3H3/t15?,16-,17-,20?,30+/m1/s1. The molecule has 4 aliphatic rings. The maximum Gasteiger partial charge on any atom is 0.417 e. The average Bonchev–Trinajstić information content (AvgIpc) is 3.50. The first-order chi connectivity index (χ1) is 21.8. The monoisotopic (exact) mass is 651 g/mol. The van der Waals surface area contributed by atoms with E-state index in [9.17, 15) is 22.0 Å². The van der Waals surface area contributed by atoms with Gasteiger partial charge < -0.3 is 25.4 Å². The molecule has 4 aliphatic heterocycles. The van der Waals surface area contributed by atoms with Crippen LogP contribution in [0.2, 0.25) is 0 Å². The quantitative estimate of drug-likeness (QED) is 0.286. The van der Waals surface area contributed by atoms with Crippen molar-refractivity contribution in [2.24, 2.45) is 0 Å². The summed E-state index contributed by atoms with van der Waals surface area (Å²) in [7, 11) is 0. The van der Waals surface area contributed by atoms with Gasteiger partial charge in [0.05, 0.1) is 22.8 Å². The Kier molecular flexibility index (Phi) is 7.42. The largest absolute Gasteiger partial charge is 0.472 e. The lowest BCUT2D eigenvalue weighted by Gasteiger charge is -2.42. The van der Waals surface area contributed by atoms with Crippen LogP contribution in [0.25, 0.3) is 22.2 Å². The fraction of sp³-hybridized carbons (Fsp3) is 0.581. The van der Waals surface area contributed by atoms with E-state index in [1.807, 2.05) is 11.8 Å². The Balaban J connectivity index is 1.44. The molecule has 0 radical (unpaired) electrons. The SMILES string of the molecule is CC[C@@H]1CN2c3nc(OC[C@@]45CCCN4C[C@H](F)C5)nc4c(F)c(-c5cc(N)c(F)c(C)c5C(F)(F)F)nc(c34)OC(C)C2CN1. The molecule has 3 N–H and O–H groups in total. The lowest BCUT2D eigenvalue weighted by Crippen LogP contribution is -2.60. The van der Waals surface area contributed by atoms with Gasteiger partial charge in [-0.1, -0.05) is 6.92 Å². The van der Waals surface area contributed by atoms with Crippen molar-refractivity contribution in [3.63, 3.8) is 0 Å². The lowest BCUT2D eigenvalue weighted by molar-refractivity contribution is -0.137. The number of halogens is 6. The van der Waals surface area contributed by atoms with Gasteiger partial charge in [-0.2, -0.15) is 23.1 Å². The third-order valence-corrected chi connectivity index (χ3v) is 10.0. The zero-order valence-corrected chi connectivity index (χ0v) is 25.6. The van der Waals surface area contributed by atoms with Crippen LogP contribution in [0, 0.1) is 18.6 Å². The number of hydrogen-bond donors (Lipinski definition) is 2. The maximum absolute atomic E-state index is 16.7. The van der Waals surface area contributed by atoms with Gasteiger partial charge in [0.2, 0.25) is 5.88 Å². The van der Waals surface area contributed by atoms with Crippen LogP contribution in [0.4, 0.5) is 37.8 Å². The number of nitrogens with zero attached hydrogens (tertiary/aromatic N) is 5. The minimum Gasteiger partial charge on any atom is -0.472 e. The van der Waals surface area contributed by atoms with Crippen molar-refractivity contribution in [3.05, 3.63) is 28.8 Å². The van der Waals surface area contributed by atoms with E-state index < -0.39 is 63.7 Å². The van der Waals surface area contributed by atoms with Gasteiger partial charge in [-0.3, -0.25) is 4.90 Å². The number of nitrogens with one attached hydrogen (secondary N) is 1. The summed E-state index contributed by atoms with van der Waals surface area (Å²) in [6.07, 6.45) is -3.93. The molecule has 9 nitrogen and oxygen atoms in total. The highest BCUT2D eigenvalue weighted by atomic mass is 19.4. The molecule has 2 aromatic heterocycles. The summed E-state index contributed by atoms with van der Waals surface area (Å²) < 4.78 is 101. The van der Waals surface area contributed by atoms with Gasteiger partial charge in [0.25, 0.3) is 0 Å². The molecule has 3 aromatic rings. The van der Waals surface area contributed by atoms with Crippen molar-refractivity contribution in [1.82, 2.24) is 25.2 Å². The Labute approximate surface area is 261 Å². The summed E-state index contributed by atoms with van der Waals surface area (Å²) in [6, 6.07) is 0.311. The molecule has 3 saturated heterocycles. The highest BCUT2D eigenvalue weighted by molar-refractivity contribution is 5.97. The first-order valence-corrected chi connectivity index (χ1v) is 15.6. The van der Waals surface area contributed by atoms with Crippen LogP contribution in [0.3, 0.4) is 0 Å². The van der Waals surface area contributed by atoms with Crippen LogP contribution in [0.1, 0.15) is 50.7 Å². The van der Waals surface area contributed by atoms with Gasteiger partial charge in [0.1, 0.15) is 47.1 Å². The fourth-order valence-corrected chi connectivity index (χ4v) is 7.68. The predicted octanol–water partition coefficient (Wildman–Crippen LogP) is 5.17. The van der Waals surface area contributed by atoms with Crippen LogP contribution in [0.15, 0.2) is 6.07 Å². The Morgan fingerprint density at radius 2 is 1.96 bits per heavy atom. The predicted molar refractivity (Wildman–Crippen MR) is 159 cm³/mol. The van der Waals surface area contributed by atoms with Crippen molar-refractivity contribution in [1.29, 1.82) is 0 Å². The Hall–Kier alpha value is -3.59. The summed E-state index contributed by atoms with van der Waals surface area (Å²) in [4.78, 5) is 17.4. The van der Waals surface area contributed by atoms with Gasteiger partial charge in [0, 0.05) is 37.7 Å². The van der Waals surface area contributed by atoms with Crippen LogP contribution < -0.4 is 25.4 Å². The second-order valence-corrected chi connectivity index (χ2v) is 12.9. The Morgan fingerprint density at radius 1 is 1.17 bits per heavy atom. The van der Waals surface area contributed by atoms with Crippen LogP contribution in [-0.2, 0) is 6.18 Å². The topological polar surface area (TPSA) is 102 Å². The van der Waals surface area contributed by atoms with E-state index in [0.717, 1.165) is 38.8 Å². The zero-order chi connectivity index (χ0) is 32.7. The molecular formula is C31H35F6N7O2. The maximum atomic E-state index is 16.7. The number of piperazine rings is 1. The molecule has 248 valence electrons. The molecule has 3 fully saturated rings. The van der Waals surface area contributed by atoms with Crippen molar-refractivity contribution in [2.45, 2.75) is 82.5 Å². The minimum atomic E-state index is -5.06. The van der Waals surface area contributed by atoms with Gasteiger partial charge in [-0.25, -0.2) is 18.2 Å². The van der Waals surface area contributed by atoms with Crippen LogP contribution in [-0.4, -0.2) is 82.5 Å². The van der Waals surface area contributed by atoms with Crippen LogP contribution >= 0.6 is 0 Å². The zero-order valence-electron chi connectivity index (χ0n) is 25.6. The summed E-state index contributed by atoms with van der Waals surface area (Å²) in [5.41, 5.74) is 0.583. The van der Waals surface area contributed by atoms with E-state index in [2.05, 4.69) is 20.2 Å². The normalized spacial score (nSPS) is 27.8. The second-order valence-electron chi connectivity index (χ2n) is 12.9. The molecule has 7 rings (SSSR count). The summed E-state index contributed by atoms with van der Waals surface area (Å²) in [6.45, 7) is 6.83. The fourth-order valence-electron chi connectivity index (χ4n) is 7.68. The molecule has 0 aliphatic carbocycles. The van der Waals surface area contributed by atoms with Gasteiger partial charge in [0.15, 0.2) is 5.82 Å². The first-order valence-electron chi connectivity index (χ1n) is 15.6. The molecular weight excluding hydrogens is 616 g/mol. The van der Waals surface area contributed by atoms with Gasteiger partial charge in [-0.15, -0.1) is 0 Å². The highest BCUT2D eigenvalue weighted by Gasteiger charge is 2.50. The smallest absolute Gasteiger partial charge is 0.417 e. The number of rotatable bonds is 5. The Morgan fingerprint density at radius 3 is 2.70 bits per heavy atom. The molecule has 0 bridgehead atoms. The summed E-state index contributed by atoms with van der Waals surface area (Å²) in [5, 5.41) is 3.56. The van der Waals surface area contributed by atoms with Crippen molar-refractivity contribution in [3.8, 4) is 23.1 Å². The van der Waals surface area contributed by atoms with Crippen LogP contribution in [0.5, 0.6) is 11.9 Å². The number of benzene rings is 1. The third-order valence-electron chi connectivity index (χ3n) is 10.0. The molecule has 46 heavy (non-hydrogen) atoms. The Bertz CT molecular complexity index is 1710. The van der Waals surface area contributed by atoms with Crippen molar-refractivity contribution >= 4 is 22.4 Å². The number of aromatic nitrogens is 3. The number of ether oxygens (including phenoxy) is 2. The molecule has 2 unspecified atom stereocenters. The number of alkyl halides is 4. The number of fused-ring (bicyclic) bond motifs is 3. The van der Waals surface area contributed by atoms with E-state index >= 15 is 4.39 Å². The molecule has 1 aromatic carbocycles. The summed E-state index contributed by atoms with van der Waals surface area (Å²) in [5.74, 6) is -2.32. The summed E-state index contributed by atoms with van der Waals surface area (Å²) >= 11 is 0. The lowest BCUT2D eigenvalue weighted by atomic mass is 9.95. The number of anilines is 2. The van der Waals surface area contributed by atoms with Crippen molar-refractivity contribution in [2.75, 3.05) is 43.4 Å². The van der Waals surface area contributed by atoms with E-state index in [-0.39, 0.29) is 53.7 Å². The van der Waals surface area contributed by atoms with E-state index in [1.54, 1.807) is 6.92 Å². The molecule has 5 atom stereocenters. The molecule has 0 spiro atoms. The number of pyridine rings is 1. The number of nitrogens with two attached hydrogens (primary N) is 1. The number of nitrogen functional groups attached to an aromatic ring is 1. The van der Waals surface area contributed by atoms with Gasteiger partial charge >= 0.3 is 12.2 Å². The third kappa shape index (κ3) is 4.88. The van der Waals surface area contributed by atoms with E-state index in [0.29, 0.717) is 19.6 Å². The van der Waals surface area contributed by atoms with E-state index in [4.69, 9.17) is 20.2 Å². The average molecular weight is 652 g/mol. The van der Waals surface area contributed by atoms with Gasteiger partial charge in [-0.05, 0) is 51.3 Å².